The van der Waals surface area contributed by atoms with Crippen LogP contribution >= 0.6 is 0 Å². The van der Waals surface area contributed by atoms with Crippen molar-refractivity contribution >= 4 is 5.69 Å². The molecule has 2 rings (SSSR count). The van der Waals surface area contributed by atoms with E-state index in [0.717, 1.165) is 0 Å². The van der Waals surface area contributed by atoms with E-state index in [9.17, 15) is 0 Å². The number of benzene rings is 1. The third-order valence-electron chi connectivity index (χ3n) is 2.69. The third-order valence-corrected chi connectivity index (χ3v) is 2.69. The smallest absolute Gasteiger partial charge is 0.207 e. The molecule has 0 radical (unpaired) electrons. The highest BCUT2D eigenvalue weighted by atomic mass is 16.5. The topological polar surface area (TPSA) is 88.1 Å². The highest BCUT2D eigenvalue weighted by Gasteiger charge is 2.15. The first-order valence-electron chi connectivity index (χ1n) is 5.88. The molecule has 0 aliphatic rings. The number of methoxy groups -OCH3 is 2. The molecule has 2 aromatic rings. The second kappa shape index (κ2) is 5.13. The Balaban J connectivity index is 2.49. The summed E-state index contributed by atoms with van der Waals surface area (Å²) in [6.07, 6.45) is 0. The second-order valence-corrected chi connectivity index (χ2v) is 4.32. The Kier molecular flexibility index (Phi) is 3.55. The van der Waals surface area contributed by atoms with Gasteiger partial charge >= 0.3 is 0 Å². The number of tetrazole rings is 1. The summed E-state index contributed by atoms with van der Waals surface area (Å²) < 4.78 is 10.4. The predicted octanol–water partition coefficient (Wildman–Crippen LogP) is 1.52. The molecule has 0 aliphatic carbocycles. The van der Waals surface area contributed by atoms with Crippen molar-refractivity contribution < 1.29 is 9.47 Å². The SMILES string of the molecule is COc1cc(N)c(-c2nnn(C(C)C)n2)cc1OC. The Morgan fingerprint density at radius 1 is 1.16 bits per heavy atom. The molecule has 0 saturated carbocycles. The molecule has 1 aromatic carbocycles. The lowest BCUT2D eigenvalue weighted by Gasteiger charge is -2.10. The van der Waals surface area contributed by atoms with Crippen LogP contribution in [0.5, 0.6) is 11.5 Å². The van der Waals surface area contributed by atoms with Gasteiger partial charge in [-0.15, -0.1) is 10.2 Å². The second-order valence-electron chi connectivity index (χ2n) is 4.32. The minimum Gasteiger partial charge on any atom is -0.493 e. The van der Waals surface area contributed by atoms with E-state index in [1.54, 1.807) is 26.4 Å². The first-order chi connectivity index (χ1) is 9.06. The van der Waals surface area contributed by atoms with Gasteiger partial charge in [0.05, 0.1) is 20.3 Å². The molecule has 0 atom stereocenters. The fraction of sp³-hybridized carbons (Fsp3) is 0.417. The molecule has 102 valence electrons. The average Bonchev–Trinajstić information content (AvgIpc) is 2.87. The number of anilines is 1. The molecule has 7 nitrogen and oxygen atoms in total. The van der Waals surface area contributed by atoms with E-state index in [4.69, 9.17) is 15.2 Å². The van der Waals surface area contributed by atoms with Crippen LogP contribution in [0.15, 0.2) is 12.1 Å². The minimum atomic E-state index is 0.141. The van der Waals surface area contributed by atoms with Crippen molar-refractivity contribution in [1.29, 1.82) is 0 Å². The predicted molar refractivity (Wildman–Crippen MR) is 71.2 cm³/mol. The van der Waals surface area contributed by atoms with E-state index in [-0.39, 0.29) is 6.04 Å². The third kappa shape index (κ3) is 2.44. The van der Waals surface area contributed by atoms with Crippen molar-refractivity contribution in [1.82, 2.24) is 20.2 Å². The number of ether oxygens (including phenoxy) is 2. The molecule has 1 heterocycles. The van der Waals surface area contributed by atoms with E-state index < -0.39 is 0 Å². The lowest BCUT2D eigenvalue weighted by Crippen LogP contribution is -2.04. The zero-order valence-corrected chi connectivity index (χ0v) is 11.4. The fourth-order valence-corrected chi connectivity index (χ4v) is 1.64. The largest absolute Gasteiger partial charge is 0.493 e. The monoisotopic (exact) mass is 263 g/mol. The summed E-state index contributed by atoms with van der Waals surface area (Å²) in [6, 6.07) is 3.57. The summed E-state index contributed by atoms with van der Waals surface area (Å²) in [5, 5.41) is 12.3. The van der Waals surface area contributed by atoms with E-state index in [0.29, 0.717) is 28.6 Å². The first kappa shape index (κ1) is 13.1. The zero-order valence-electron chi connectivity index (χ0n) is 11.4. The van der Waals surface area contributed by atoms with Gasteiger partial charge in [-0.3, -0.25) is 0 Å². The zero-order chi connectivity index (χ0) is 14.0. The Bertz CT molecular complexity index is 579. The van der Waals surface area contributed by atoms with Crippen LogP contribution in [0.1, 0.15) is 19.9 Å². The van der Waals surface area contributed by atoms with Crippen LogP contribution in [-0.4, -0.2) is 34.4 Å². The van der Waals surface area contributed by atoms with Crippen molar-refractivity contribution in [3.05, 3.63) is 12.1 Å². The van der Waals surface area contributed by atoms with E-state index >= 15 is 0 Å². The molecule has 0 aliphatic heterocycles. The Labute approximate surface area is 111 Å². The highest BCUT2D eigenvalue weighted by molar-refractivity contribution is 5.75. The lowest BCUT2D eigenvalue weighted by molar-refractivity contribution is 0.355. The molecular weight excluding hydrogens is 246 g/mol. The molecule has 0 saturated heterocycles. The molecule has 1 aromatic heterocycles. The van der Waals surface area contributed by atoms with Gasteiger partial charge in [-0.2, -0.15) is 4.80 Å². The van der Waals surface area contributed by atoms with Crippen LogP contribution < -0.4 is 15.2 Å². The minimum absolute atomic E-state index is 0.141. The molecule has 0 fully saturated rings. The summed E-state index contributed by atoms with van der Waals surface area (Å²) >= 11 is 0. The first-order valence-corrected chi connectivity index (χ1v) is 5.88. The van der Waals surface area contributed by atoms with Crippen LogP contribution in [-0.2, 0) is 0 Å². The van der Waals surface area contributed by atoms with Crippen molar-refractivity contribution in [3.63, 3.8) is 0 Å². The van der Waals surface area contributed by atoms with Gasteiger partial charge in [0, 0.05) is 17.3 Å². The number of nitrogen functional groups attached to an aromatic ring is 1. The van der Waals surface area contributed by atoms with Crippen molar-refractivity contribution in [3.8, 4) is 22.9 Å². The molecule has 7 heteroatoms. The molecular formula is C12H17N5O2. The Morgan fingerprint density at radius 3 is 2.32 bits per heavy atom. The maximum absolute atomic E-state index is 5.99. The van der Waals surface area contributed by atoms with Gasteiger partial charge < -0.3 is 15.2 Å². The van der Waals surface area contributed by atoms with E-state index in [2.05, 4.69) is 15.4 Å². The van der Waals surface area contributed by atoms with Crippen LogP contribution in [0.3, 0.4) is 0 Å². The van der Waals surface area contributed by atoms with Gasteiger partial charge in [0.15, 0.2) is 11.5 Å². The summed E-state index contributed by atoms with van der Waals surface area (Å²) in [5.41, 5.74) is 7.17. The maximum atomic E-state index is 5.99. The van der Waals surface area contributed by atoms with Gasteiger partial charge in [0.1, 0.15) is 0 Å². The Hall–Kier alpha value is -2.31. The molecule has 0 spiro atoms. The van der Waals surface area contributed by atoms with Gasteiger partial charge in [-0.1, -0.05) is 0 Å². The van der Waals surface area contributed by atoms with Gasteiger partial charge in [0.2, 0.25) is 5.82 Å². The standard InChI is InChI=1S/C12H17N5O2/c1-7(2)17-15-12(14-16-17)8-5-10(18-3)11(19-4)6-9(8)13/h5-7H,13H2,1-4H3. The van der Waals surface area contributed by atoms with Crippen LogP contribution in [0.2, 0.25) is 0 Å². The van der Waals surface area contributed by atoms with Crippen LogP contribution in [0, 0.1) is 0 Å². The van der Waals surface area contributed by atoms with E-state index in [1.807, 2.05) is 13.8 Å². The summed E-state index contributed by atoms with van der Waals surface area (Å²) in [4.78, 5) is 1.53. The lowest BCUT2D eigenvalue weighted by atomic mass is 10.1. The number of aromatic nitrogens is 4. The number of rotatable bonds is 4. The summed E-state index contributed by atoms with van der Waals surface area (Å²) in [5.74, 6) is 1.61. The fourth-order valence-electron chi connectivity index (χ4n) is 1.64. The van der Waals surface area contributed by atoms with Crippen molar-refractivity contribution in [2.75, 3.05) is 20.0 Å². The van der Waals surface area contributed by atoms with Crippen LogP contribution in [0.25, 0.3) is 11.4 Å². The normalized spacial score (nSPS) is 10.8. The maximum Gasteiger partial charge on any atom is 0.207 e. The molecule has 0 bridgehead atoms. The van der Waals surface area contributed by atoms with E-state index in [1.165, 1.54) is 4.80 Å². The Morgan fingerprint density at radius 2 is 1.79 bits per heavy atom. The van der Waals surface area contributed by atoms with Crippen molar-refractivity contribution in [2.45, 2.75) is 19.9 Å². The van der Waals surface area contributed by atoms with Gasteiger partial charge in [-0.25, -0.2) is 0 Å². The molecule has 2 N–H and O–H groups in total. The van der Waals surface area contributed by atoms with Gasteiger partial charge in [-0.05, 0) is 25.1 Å². The number of nitrogens with two attached hydrogens (primary N) is 1. The number of hydrogen-bond donors (Lipinski definition) is 1. The van der Waals surface area contributed by atoms with Gasteiger partial charge in [0.25, 0.3) is 0 Å². The average molecular weight is 263 g/mol. The number of nitrogens with zero attached hydrogens (tertiary/aromatic N) is 4. The molecule has 19 heavy (non-hydrogen) atoms. The molecule has 0 amide bonds. The molecule has 0 unspecified atom stereocenters. The summed E-state index contributed by atoms with van der Waals surface area (Å²) in [6.45, 7) is 3.95. The highest BCUT2D eigenvalue weighted by Crippen LogP contribution is 2.35. The quantitative estimate of drug-likeness (QED) is 0.841. The van der Waals surface area contributed by atoms with Crippen molar-refractivity contribution in [2.24, 2.45) is 0 Å². The number of hydrogen-bond acceptors (Lipinski definition) is 6. The summed E-state index contributed by atoms with van der Waals surface area (Å²) in [7, 11) is 3.13. The van der Waals surface area contributed by atoms with Crippen LogP contribution in [0.4, 0.5) is 5.69 Å².